The molecular formula is C10H17N5S. The molecule has 2 heterocycles. The Morgan fingerprint density at radius 1 is 1.44 bits per heavy atom. The van der Waals surface area contributed by atoms with Gasteiger partial charge in [-0.15, -0.1) is 0 Å². The van der Waals surface area contributed by atoms with Crippen LogP contribution in [0.5, 0.6) is 0 Å². The van der Waals surface area contributed by atoms with Crippen LogP contribution in [0.1, 0.15) is 19.0 Å². The summed E-state index contributed by atoms with van der Waals surface area (Å²) in [5.74, 6) is 0. The van der Waals surface area contributed by atoms with E-state index in [1.54, 1.807) is 0 Å². The number of imidazole rings is 1. The van der Waals surface area contributed by atoms with Crippen LogP contribution in [0.3, 0.4) is 0 Å². The third kappa shape index (κ3) is 1.53. The van der Waals surface area contributed by atoms with Crippen molar-refractivity contribution in [3.05, 3.63) is 10.5 Å². The van der Waals surface area contributed by atoms with Gasteiger partial charge in [0.1, 0.15) is 5.52 Å². The highest BCUT2D eigenvalue weighted by atomic mass is 32.1. The van der Waals surface area contributed by atoms with Gasteiger partial charge in [-0.3, -0.25) is 0 Å². The molecule has 2 rings (SSSR count). The molecule has 0 atom stereocenters. The highest BCUT2D eigenvalue weighted by molar-refractivity contribution is 7.71. The average Bonchev–Trinajstić information content (AvgIpc) is 2.66. The average molecular weight is 239 g/mol. The van der Waals surface area contributed by atoms with Gasteiger partial charge in [0.05, 0.1) is 5.69 Å². The van der Waals surface area contributed by atoms with E-state index in [9.17, 15) is 0 Å². The van der Waals surface area contributed by atoms with Crippen molar-refractivity contribution in [1.29, 1.82) is 0 Å². The zero-order valence-electron chi connectivity index (χ0n) is 10.1. The van der Waals surface area contributed by atoms with Gasteiger partial charge in [0.25, 0.3) is 0 Å². The van der Waals surface area contributed by atoms with Crippen molar-refractivity contribution in [2.75, 3.05) is 19.1 Å². The molecule has 1 N–H and O–H groups in total. The molecule has 2 aromatic heterocycles. The molecule has 2 aromatic rings. The number of fused-ring (bicyclic) bond motifs is 1. The summed E-state index contributed by atoms with van der Waals surface area (Å²) in [6.45, 7) is 2.15. The Morgan fingerprint density at radius 3 is 2.69 bits per heavy atom. The Labute approximate surface area is 99.6 Å². The van der Waals surface area contributed by atoms with E-state index >= 15 is 0 Å². The number of hydrogen-bond donors (Lipinski definition) is 1. The SMILES string of the molecule is CCCc1nn(C)c2c1[nH]c(=S)n2N(C)C. The summed E-state index contributed by atoms with van der Waals surface area (Å²) >= 11 is 5.31. The molecule has 0 aromatic carbocycles. The Bertz CT molecular complexity index is 560. The van der Waals surface area contributed by atoms with Crippen molar-refractivity contribution in [1.82, 2.24) is 19.4 Å². The van der Waals surface area contributed by atoms with Crippen LogP contribution in [0.4, 0.5) is 0 Å². The number of nitrogens with zero attached hydrogens (tertiary/aromatic N) is 4. The molecule has 0 aliphatic heterocycles. The predicted octanol–water partition coefficient (Wildman–Crippen LogP) is 1.58. The van der Waals surface area contributed by atoms with Crippen molar-refractivity contribution in [2.24, 2.45) is 7.05 Å². The van der Waals surface area contributed by atoms with E-state index in [1.807, 2.05) is 35.5 Å². The number of aromatic amines is 1. The number of aryl methyl sites for hydroxylation is 2. The van der Waals surface area contributed by atoms with E-state index in [0.29, 0.717) is 4.77 Å². The van der Waals surface area contributed by atoms with Crippen LogP contribution in [0.15, 0.2) is 0 Å². The summed E-state index contributed by atoms with van der Waals surface area (Å²) in [4.78, 5) is 3.24. The van der Waals surface area contributed by atoms with Gasteiger partial charge in [-0.25, -0.2) is 9.36 Å². The van der Waals surface area contributed by atoms with Gasteiger partial charge in [-0.2, -0.15) is 5.10 Å². The molecule has 88 valence electrons. The normalized spacial score (nSPS) is 11.2. The molecule has 16 heavy (non-hydrogen) atoms. The maximum Gasteiger partial charge on any atom is 0.198 e. The fraction of sp³-hybridized carbons (Fsp3) is 0.600. The topological polar surface area (TPSA) is 41.8 Å². The van der Waals surface area contributed by atoms with E-state index in [4.69, 9.17) is 12.2 Å². The monoisotopic (exact) mass is 239 g/mol. The van der Waals surface area contributed by atoms with Crippen molar-refractivity contribution in [3.63, 3.8) is 0 Å². The maximum atomic E-state index is 5.31. The number of rotatable bonds is 3. The third-order valence-corrected chi connectivity index (χ3v) is 2.88. The van der Waals surface area contributed by atoms with E-state index in [0.717, 1.165) is 29.7 Å². The van der Waals surface area contributed by atoms with Crippen LogP contribution >= 0.6 is 12.2 Å². The Kier molecular flexibility index (Phi) is 2.75. The lowest BCUT2D eigenvalue weighted by Gasteiger charge is -2.14. The van der Waals surface area contributed by atoms with Crippen molar-refractivity contribution < 1.29 is 0 Å². The van der Waals surface area contributed by atoms with Gasteiger partial charge < -0.3 is 9.99 Å². The first-order valence-corrected chi connectivity index (χ1v) is 5.81. The first-order chi connectivity index (χ1) is 7.56. The quantitative estimate of drug-likeness (QED) is 0.827. The zero-order valence-corrected chi connectivity index (χ0v) is 10.9. The Balaban J connectivity index is 2.75. The van der Waals surface area contributed by atoms with Gasteiger partial charge >= 0.3 is 0 Å². The molecule has 0 spiro atoms. The van der Waals surface area contributed by atoms with E-state index in [2.05, 4.69) is 17.0 Å². The standard InChI is InChI=1S/C10H17N5S/c1-5-6-7-8-9(14(4)12-7)15(13(2)3)10(16)11-8/h5-6H2,1-4H3,(H,11,16). The maximum absolute atomic E-state index is 5.31. The first-order valence-electron chi connectivity index (χ1n) is 5.40. The molecule has 0 aliphatic rings. The van der Waals surface area contributed by atoms with Gasteiger partial charge in [0.15, 0.2) is 10.4 Å². The van der Waals surface area contributed by atoms with Gasteiger partial charge in [-0.1, -0.05) is 13.3 Å². The summed E-state index contributed by atoms with van der Waals surface area (Å²) < 4.78 is 4.55. The molecule has 0 saturated heterocycles. The second-order valence-corrected chi connectivity index (χ2v) is 4.49. The molecule has 6 heteroatoms. The number of aromatic nitrogens is 4. The van der Waals surface area contributed by atoms with Crippen LogP contribution < -0.4 is 5.01 Å². The first kappa shape index (κ1) is 11.2. The molecular weight excluding hydrogens is 222 g/mol. The number of nitrogens with one attached hydrogen (secondary N) is 1. The van der Waals surface area contributed by atoms with E-state index in [-0.39, 0.29) is 0 Å². The minimum Gasteiger partial charge on any atom is -0.326 e. The highest BCUT2D eigenvalue weighted by Crippen LogP contribution is 2.18. The fourth-order valence-corrected chi connectivity index (χ4v) is 2.33. The predicted molar refractivity (Wildman–Crippen MR) is 67.9 cm³/mol. The highest BCUT2D eigenvalue weighted by Gasteiger charge is 2.15. The van der Waals surface area contributed by atoms with Crippen molar-refractivity contribution in [2.45, 2.75) is 19.8 Å². The molecule has 0 aliphatic carbocycles. The van der Waals surface area contributed by atoms with E-state index in [1.165, 1.54) is 0 Å². The largest absolute Gasteiger partial charge is 0.326 e. The summed E-state index contributed by atoms with van der Waals surface area (Å²) in [7, 11) is 5.88. The lowest BCUT2D eigenvalue weighted by Crippen LogP contribution is -2.25. The molecule has 0 bridgehead atoms. The van der Waals surface area contributed by atoms with Crippen molar-refractivity contribution in [3.8, 4) is 0 Å². The summed E-state index contributed by atoms with van der Waals surface area (Å²) in [5.41, 5.74) is 3.17. The minimum atomic E-state index is 0.713. The molecule has 0 saturated carbocycles. The second kappa shape index (κ2) is 3.93. The van der Waals surface area contributed by atoms with Crippen LogP contribution in [0, 0.1) is 4.77 Å². The van der Waals surface area contributed by atoms with Gasteiger partial charge in [-0.05, 0) is 18.6 Å². The summed E-state index contributed by atoms with van der Waals surface area (Å²) in [6, 6.07) is 0. The number of hydrogen-bond acceptors (Lipinski definition) is 3. The lowest BCUT2D eigenvalue weighted by atomic mass is 10.2. The molecule has 0 amide bonds. The van der Waals surface area contributed by atoms with Crippen LogP contribution in [0.25, 0.3) is 11.2 Å². The second-order valence-electron chi connectivity index (χ2n) is 4.11. The van der Waals surface area contributed by atoms with Crippen molar-refractivity contribution >= 4 is 23.4 Å². The van der Waals surface area contributed by atoms with Gasteiger partial charge in [0.2, 0.25) is 0 Å². The Hall–Kier alpha value is -1.30. The van der Waals surface area contributed by atoms with Gasteiger partial charge in [0, 0.05) is 21.1 Å². The smallest absolute Gasteiger partial charge is 0.198 e. The number of H-pyrrole nitrogens is 1. The van der Waals surface area contributed by atoms with Crippen LogP contribution in [-0.2, 0) is 13.5 Å². The van der Waals surface area contributed by atoms with Crippen LogP contribution in [0.2, 0.25) is 0 Å². The fourth-order valence-electron chi connectivity index (χ4n) is 1.98. The molecule has 0 unspecified atom stereocenters. The summed E-state index contributed by atoms with van der Waals surface area (Å²) in [5, 5.41) is 6.47. The third-order valence-electron chi connectivity index (χ3n) is 2.60. The minimum absolute atomic E-state index is 0.713. The molecule has 0 radical (unpaired) electrons. The van der Waals surface area contributed by atoms with Crippen LogP contribution in [-0.4, -0.2) is 33.5 Å². The lowest BCUT2D eigenvalue weighted by molar-refractivity contribution is 0.678. The zero-order chi connectivity index (χ0) is 11.9. The van der Waals surface area contributed by atoms with E-state index < -0.39 is 0 Å². The molecule has 0 fully saturated rings. The molecule has 5 nitrogen and oxygen atoms in total. The summed E-state index contributed by atoms with van der Waals surface area (Å²) in [6.07, 6.45) is 2.06. The Morgan fingerprint density at radius 2 is 2.12 bits per heavy atom.